The quantitative estimate of drug-likeness (QED) is 0.941. The van der Waals surface area contributed by atoms with Crippen LogP contribution in [0.1, 0.15) is 23.4 Å². The van der Waals surface area contributed by atoms with Crippen LogP contribution in [-0.4, -0.2) is 8.42 Å². The van der Waals surface area contributed by atoms with Crippen LogP contribution in [0.3, 0.4) is 0 Å². The maximum absolute atomic E-state index is 12.3. The fourth-order valence-electron chi connectivity index (χ4n) is 1.69. The third-order valence-electron chi connectivity index (χ3n) is 2.60. The molecule has 0 spiro atoms. The van der Waals surface area contributed by atoms with Gasteiger partial charge in [0.1, 0.15) is 6.07 Å². The SMILES string of the molecule is C[C@H](NS(=O)(=O)c1ccccc1C#N)c1cccs1. The normalized spacial score (nSPS) is 12.8. The number of rotatable bonds is 4. The summed E-state index contributed by atoms with van der Waals surface area (Å²) in [5.41, 5.74) is 0.147. The standard InChI is InChI=1S/C13H12N2O2S2/c1-10(12-6-4-8-18-12)15-19(16,17)13-7-3-2-5-11(13)9-14/h2-8,10,15H,1H3/t10-/m0/s1. The number of nitriles is 1. The van der Waals surface area contributed by atoms with Gasteiger partial charge >= 0.3 is 0 Å². The van der Waals surface area contributed by atoms with Crippen LogP contribution in [0.2, 0.25) is 0 Å². The Hall–Kier alpha value is -1.68. The zero-order valence-electron chi connectivity index (χ0n) is 10.2. The van der Waals surface area contributed by atoms with E-state index in [0.29, 0.717) is 0 Å². The minimum absolute atomic E-state index is 0.0147. The molecule has 6 heteroatoms. The lowest BCUT2D eigenvalue weighted by molar-refractivity contribution is 0.568. The van der Waals surface area contributed by atoms with Gasteiger partial charge in [-0.25, -0.2) is 13.1 Å². The summed E-state index contributed by atoms with van der Waals surface area (Å²) in [4.78, 5) is 0.943. The Labute approximate surface area is 116 Å². The molecule has 1 atom stereocenters. The monoisotopic (exact) mass is 292 g/mol. The van der Waals surface area contributed by atoms with Crippen molar-refractivity contribution in [3.05, 3.63) is 52.2 Å². The number of sulfonamides is 1. The molecule has 0 amide bonds. The van der Waals surface area contributed by atoms with Crippen molar-refractivity contribution in [3.63, 3.8) is 0 Å². The van der Waals surface area contributed by atoms with E-state index in [4.69, 9.17) is 5.26 Å². The van der Waals surface area contributed by atoms with Gasteiger partial charge in [0, 0.05) is 4.88 Å². The van der Waals surface area contributed by atoms with Gasteiger partial charge in [0.15, 0.2) is 0 Å². The van der Waals surface area contributed by atoms with E-state index in [2.05, 4.69) is 4.72 Å². The lowest BCUT2D eigenvalue weighted by Gasteiger charge is -2.13. The van der Waals surface area contributed by atoms with Gasteiger partial charge in [0.05, 0.1) is 16.5 Å². The summed E-state index contributed by atoms with van der Waals surface area (Å²) in [5, 5.41) is 10.9. The van der Waals surface area contributed by atoms with Crippen molar-refractivity contribution in [3.8, 4) is 6.07 Å². The molecule has 19 heavy (non-hydrogen) atoms. The number of hydrogen-bond acceptors (Lipinski definition) is 4. The van der Waals surface area contributed by atoms with E-state index in [1.54, 1.807) is 19.1 Å². The van der Waals surface area contributed by atoms with Gasteiger partial charge in [-0.2, -0.15) is 5.26 Å². The van der Waals surface area contributed by atoms with E-state index >= 15 is 0 Å². The summed E-state index contributed by atoms with van der Waals surface area (Å²) < 4.78 is 27.1. The van der Waals surface area contributed by atoms with Crippen molar-refractivity contribution < 1.29 is 8.42 Å². The van der Waals surface area contributed by atoms with E-state index < -0.39 is 10.0 Å². The molecule has 1 heterocycles. The molecule has 2 aromatic rings. The molecule has 0 bridgehead atoms. The van der Waals surface area contributed by atoms with E-state index in [9.17, 15) is 8.42 Å². The highest BCUT2D eigenvalue weighted by molar-refractivity contribution is 7.89. The van der Waals surface area contributed by atoms with Gasteiger partial charge in [0.25, 0.3) is 0 Å². The Balaban J connectivity index is 2.31. The highest BCUT2D eigenvalue weighted by Crippen LogP contribution is 2.22. The summed E-state index contributed by atoms with van der Waals surface area (Å²) in [6.07, 6.45) is 0. The second-order valence-electron chi connectivity index (χ2n) is 3.97. The fraction of sp³-hybridized carbons (Fsp3) is 0.154. The Morgan fingerprint density at radius 3 is 2.63 bits per heavy atom. The molecule has 0 unspecified atom stereocenters. The molecule has 1 aromatic carbocycles. The first kappa shape index (κ1) is 13.7. The average molecular weight is 292 g/mol. The van der Waals surface area contributed by atoms with Crippen LogP contribution in [0.5, 0.6) is 0 Å². The third kappa shape index (κ3) is 3.01. The number of nitrogens with one attached hydrogen (secondary N) is 1. The number of thiophene rings is 1. The van der Waals surface area contributed by atoms with E-state index in [1.807, 2.05) is 23.6 Å². The van der Waals surface area contributed by atoms with Crippen molar-refractivity contribution in [2.45, 2.75) is 17.9 Å². The Morgan fingerprint density at radius 2 is 2.00 bits per heavy atom. The van der Waals surface area contributed by atoms with Crippen LogP contribution in [0.4, 0.5) is 0 Å². The Morgan fingerprint density at radius 1 is 1.26 bits per heavy atom. The molecular formula is C13H12N2O2S2. The first-order valence-electron chi connectivity index (χ1n) is 5.59. The predicted octanol–water partition coefficient (Wildman–Crippen LogP) is 2.66. The molecule has 98 valence electrons. The summed E-state index contributed by atoms with van der Waals surface area (Å²) in [5.74, 6) is 0. The third-order valence-corrected chi connectivity index (χ3v) is 5.25. The summed E-state index contributed by atoms with van der Waals surface area (Å²) in [7, 11) is -3.69. The zero-order chi connectivity index (χ0) is 13.9. The highest BCUT2D eigenvalue weighted by Gasteiger charge is 2.21. The summed E-state index contributed by atoms with van der Waals surface area (Å²) in [6.45, 7) is 1.78. The van der Waals surface area contributed by atoms with Crippen LogP contribution < -0.4 is 4.72 Å². The van der Waals surface area contributed by atoms with Crippen LogP contribution in [0.25, 0.3) is 0 Å². The molecule has 1 N–H and O–H groups in total. The molecule has 0 aliphatic carbocycles. The van der Waals surface area contributed by atoms with E-state index in [1.165, 1.54) is 23.5 Å². The molecular weight excluding hydrogens is 280 g/mol. The van der Waals surface area contributed by atoms with E-state index in [-0.39, 0.29) is 16.5 Å². The summed E-state index contributed by atoms with van der Waals surface area (Å²) >= 11 is 1.48. The molecule has 2 rings (SSSR count). The average Bonchev–Trinajstić information content (AvgIpc) is 2.92. The van der Waals surface area contributed by atoms with Crippen LogP contribution in [-0.2, 0) is 10.0 Å². The van der Waals surface area contributed by atoms with Gasteiger partial charge < -0.3 is 0 Å². The van der Waals surface area contributed by atoms with Gasteiger partial charge in [-0.05, 0) is 30.5 Å². The van der Waals surface area contributed by atoms with Crippen LogP contribution in [0, 0.1) is 11.3 Å². The van der Waals surface area contributed by atoms with Crippen molar-refractivity contribution in [1.82, 2.24) is 4.72 Å². The Bertz CT molecular complexity index is 700. The van der Waals surface area contributed by atoms with Crippen molar-refractivity contribution in [1.29, 1.82) is 5.26 Å². The molecule has 1 aromatic heterocycles. The van der Waals surface area contributed by atoms with Crippen LogP contribution in [0.15, 0.2) is 46.7 Å². The second-order valence-corrected chi connectivity index (χ2v) is 6.63. The maximum atomic E-state index is 12.3. The van der Waals surface area contributed by atoms with Crippen molar-refractivity contribution in [2.24, 2.45) is 0 Å². The largest absolute Gasteiger partial charge is 0.242 e. The molecule has 0 fully saturated rings. The molecule has 0 saturated carbocycles. The summed E-state index contributed by atoms with van der Waals surface area (Å²) in [6, 6.07) is 11.5. The number of hydrogen-bond donors (Lipinski definition) is 1. The first-order chi connectivity index (χ1) is 9.04. The van der Waals surface area contributed by atoms with Crippen molar-refractivity contribution >= 4 is 21.4 Å². The number of benzene rings is 1. The van der Waals surface area contributed by atoms with Gasteiger partial charge in [0.2, 0.25) is 10.0 Å². The fourth-order valence-corrected chi connectivity index (χ4v) is 3.87. The van der Waals surface area contributed by atoms with Crippen molar-refractivity contribution in [2.75, 3.05) is 0 Å². The lowest BCUT2D eigenvalue weighted by atomic mass is 10.2. The van der Waals surface area contributed by atoms with Gasteiger partial charge in [-0.3, -0.25) is 0 Å². The zero-order valence-corrected chi connectivity index (χ0v) is 11.8. The van der Waals surface area contributed by atoms with Gasteiger partial charge in [-0.15, -0.1) is 11.3 Å². The molecule has 0 aliphatic heterocycles. The molecule has 0 radical (unpaired) electrons. The first-order valence-corrected chi connectivity index (χ1v) is 7.96. The van der Waals surface area contributed by atoms with Crippen LogP contribution >= 0.6 is 11.3 Å². The second kappa shape index (κ2) is 5.53. The number of nitrogens with zero attached hydrogens (tertiary/aromatic N) is 1. The minimum Gasteiger partial charge on any atom is -0.207 e. The molecule has 0 aliphatic rings. The predicted molar refractivity (Wildman–Crippen MR) is 74.2 cm³/mol. The maximum Gasteiger partial charge on any atom is 0.242 e. The van der Waals surface area contributed by atoms with E-state index in [0.717, 1.165) is 4.88 Å². The minimum atomic E-state index is -3.69. The van der Waals surface area contributed by atoms with Gasteiger partial charge in [-0.1, -0.05) is 18.2 Å². The smallest absolute Gasteiger partial charge is 0.207 e. The highest BCUT2D eigenvalue weighted by atomic mass is 32.2. The Kier molecular flexibility index (Phi) is 4.00. The lowest BCUT2D eigenvalue weighted by Crippen LogP contribution is -2.27. The molecule has 4 nitrogen and oxygen atoms in total. The topological polar surface area (TPSA) is 70.0 Å². The molecule has 0 saturated heterocycles.